The second kappa shape index (κ2) is 5.28. The summed E-state index contributed by atoms with van der Waals surface area (Å²) in [5, 5.41) is 0. The molecule has 0 radical (unpaired) electrons. The van der Waals surface area contributed by atoms with E-state index in [2.05, 4.69) is 15.9 Å². The number of rotatable bonds is 2. The molecule has 0 atom stereocenters. The van der Waals surface area contributed by atoms with Crippen molar-refractivity contribution in [1.29, 1.82) is 0 Å². The van der Waals surface area contributed by atoms with Gasteiger partial charge in [0.15, 0.2) is 9.84 Å². The highest BCUT2D eigenvalue weighted by Crippen LogP contribution is 2.21. The fraction of sp³-hybridized carbons (Fsp3) is 0.583. The van der Waals surface area contributed by atoms with Gasteiger partial charge in [0.2, 0.25) is 0 Å². The number of sulfone groups is 1. The van der Waals surface area contributed by atoms with Gasteiger partial charge in [0, 0.05) is 29.8 Å². The van der Waals surface area contributed by atoms with Gasteiger partial charge in [-0.2, -0.15) is 0 Å². The molecule has 1 saturated heterocycles. The van der Waals surface area contributed by atoms with Crippen LogP contribution in [-0.4, -0.2) is 48.4 Å². The molecule has 5 nitrogen and oxygen atoms in total. The molecule has 1 amide bonds. The number of aromatic nitrogens is 1. The van der Waals surface area contributed by atoms with Crippen molar-refractivity contribution in [3.05, 3.63) is 22.4 Å². The summed E-state index contributed by atoms with van der Waals surface area (Å²) in [5.41, 5.74) is 0.598. The normalized spacial score (nSPS) is 18.8. The van der Waals surface area contributed by atoms with Crippen LogP contribution in [0.5, 0.6) is 0 Å². The quantitative estimate of drug-likeness (QED) is 0.817. The maximum Gasteiger partial charge on any atom is 0.270 e. The Labute approximate surface area is 121 Å². The monoisotopic (exact) mass is 348 g/mol. The fourth-order valence-electron chi connectivity index (χ4n) is 2.12. The van der Waals surface area contributed by atoms with Gasteiger partial charge in [-0.15, -0.1) is 0 Å². The highest BCUT2D eigenvalue weighted by Gasteiger charge is 2.27. The Kier molecular flexibility index (Phi) is 4.06. The van der Waals surface area contributed by atoms with Gasteiger partial charge < -0.3 is 9.47 Å². The van der Waals surface area contributed by atoms with E-state index in [0.717, 1.165) is 4.47 Å². The van der Waals surface area contributed by atoms with Crippen LogP contribution in [-0.2, 0) is 9.84 Å². The zero-order valence-corrected chi connectivity index (χ0v) is 13.4. The van der Waals surface area contributed by atoms with Crippen LogP contribution in [0.15, 0.2) is 16.7 Å². The first-order valence-corrected chi connectivity index (χ1v) is 8.78. The van der Waals surface area contributed by atoms with Crippen molar-refractivity contribution in [2.24, 2.45) is 0 Å². The SMILES string of the molecule is CC(C)n1cc(Br)cc1C(=O)N1CCS(=O)(=O)CC1. The van der Waals surface area contributed by atoms with Crippen LogP contribution in [0.2, 0.25) is 0 Å². The van der Waals surface area contributed by atoms with Crippen molar-refractivity contribution < 1.29 is 13.2 Å². The van der Waals surface area contributed by atoms with Crippen LogP contribution in [0, 0.1) is 0 Å². The summed E-state index contributed by atoms with van der Waals surface area (Å²) < 4.78 is 25.5. The fourth-order valence-corrected chi connectivity index (χ4v) is 3.76. The van der Waals surface area contributed by atoms with E-state index in [1.54, 1.807) is 11.0 Å². The summed E-state index contributed by atoms with van der Waals surface area (Å²) >= 11 is 3.37. The van der Waals surface area contributed by atoms with Crippen LogP contribution in [0.3, 0.4) is 0 Å². The first-order valence-electron chi connectivity index (χ1n) is 6.17. The van der Waals surface area contributed by atoms with E-state index >= 15 is 0 Å². The molecule has 1 fully saturated rings. The van der Waals surface area contributed by atoms with E-state index in [9.17, 15) is 13.2 Å². The third kappa shape index (κ3) is 3.20. The van der Waals surface area contributed by atoms with E-state index in [-0.39, 0.29) is 36.5 Å². The minimum absolute atomic E-state index is 0.0578. The maximum atomic E-state index is 12.4. The second-order valence-electron chi connectivity index (χ2n) is 4.99. The van der Waals surface area contributed by atoms with Crippen LogP contribution < -0.4 is 0 Å². The summed E-state index contributed by atoms with van der Waals surface area (Å²) in [5.74, 6) is 0.0132. The molecule has 0 unspecified atom stereocenters. The highest BCUT2D eigenvalue weighted by molar-refractivity contribution is 9.10. The van der Waals surface area contributed by atoms with E-state index in [1.807, 2.05) is 24.6 Å². The van der Waals surface area contributed by atoms with Gasteiger partial charge in [-0.25, -0.2) is 8.42 Å². The third-order valence-corrected chi connectivity index (χ3v) is 5.27. The molecule has 2 rings (SSSR count). The molecule has 1 aromatic rings. The van der Waals surface area contributed by atoms with Gasteiger partial charge in [0.05, 0.1) is 11.5 Å². The summed E-state index contributed by atoms with van der Waals surface area (Å²) in [6.07, 6.45) is 1.87. The van der Waals surface area contributed by atoms with Gasteiger partial charge in [-0.1, -0.05) is 0 Å². The summed E-state index contributed by atoms with van der Waals surface area (Å²) in [7, 11) is -2.96. The Balaban J connectivity index is 2.21. The molecule has 1 aliphatic rings. The lowest BCUT2D eigenvalue weighted by Crippen LogP contribution is -2.44. The third-order valence-electron chi connectivity index (χ3n) is 3.22. The number of hydrogen-bond donors (Lipinski definition) is 0. The number of carbonyl (C=O) groups excluding carboxylic acids is 1. The average molecular weight is 349 g/mol. The first-order chi connectivity index (χ1) is 8.80. The largest absolute Gasteiger partial charge is 0.340 e. The lowest BCUT2D eigenvalue weighted by Gasteiger charge is -2.27. The van der Waals surface area contributed by atoms with E-state index in [0.29, 0.717) is 5.69 Å². The van der Waals surface area contributed by atoms with Gasteiger partial charge in [0.1, 0.15) is 5.69 Å². The van der Waals surface area contributed by atoms with Crippen molar-refractivity contribution in [2.75, 3.05) is 24.6 Å². The molecule has 0 aromatic carbocycles. The molecule has 0 bridgehead atoms. The number of hydrogen-bond acceptors (Lipinski definition) is 3. The maximum absolute atomic E-state index is 12.4. The predicted molar refractivity (Wildman–Crippen MR) is 77.1 cm³/mol. The zero-order valence-electron chi connectivity index (χ0n) is 11.0. The summed E-state index contributed by atoms with van der Waals surface area (Å²) in [6, 6.07) is 1.96. The predicted octanol–water partition coefficient (Wildman–Crippen LogP) is 1.70. The molecule has 0 aliphatic carbocycles. The minimum atomic E-state index is -2.96. The lowest BCUT2D eigenvalue weighted by atomic mass is 10.3. The molecular weight excluding hydrogens is 332 g/mol. The van der Waals surface area contributed by atoms with Crippen LogP contribution in [0.25, 0.3) is 0 Å². The van der Waals surface area contributed by atoms with E-state index < -0.39 is 9.84 Å². The molecule has 106 valence electrons. The molecule has 0 saturated carbocycles. The molecule has 7 heteroatoms. The van der Waals surface area contributed by atoms with Crippen molar-refractivity contribution in [2.45, 2.75) is 19.9 Å². The Morgan fingerprint density at radius 2 is 1.89 bits per heavy atom. The standard InChI is InChI=1S/C12H17BrN2O3S/c1-9(2)15-8-10(13)7-11(15)12(16)14-3-5-19(17,18)6-4-14/h7-9H,3-6H2,1-2H3. The van der Waals surface area contributed by atoms with Crippen LogP contribution in [0.1, 0.15) is 30.4 Å². The summed E-state index contributed by atoms with van der Waals surface area (Å²) in [6.45, 7) is 4.57. The Morgan fingerprint density at radius 1 is 1.32 bits per heavy atom. The smallest absolute Gasteiger partial charge is 0.270 e. The lowest BCUT2D eigenvalue weighted by molar-refractivity contribution is 0.0758. The average Bonchev–Trinajstić information content (AvgIpc) is 2.70. The molecule has 2 heterocycles. The Bertz CT molecular complexity index is 578. The Morgan fingerprint density at radius 3 is 2.42 bits per heavy atom. The topological polar surface area (TPSA) is 59.4 Å². The molecule has 1 aromatic heterocycles. The number of carbonyl (C=O) groups is 1. The number of amides is 1. The molecular formula is C12H17BrN2O3S. The van der Waals surface area contributed by atoms with Gasteiger partial charge in [0.25, 0.3) is 5.91 Å². The molecule has 19 heavy (non-hydrogen) atoms. The second-order valence-corrected chi connectivity index (χ2v) is 8.21. The van der Waals surface area contributed by atoms with Crippen LogP contribution >= 0.6 is 15.9 Å². The molecule has 0 N–H and O–H groups in total. The minimum Gasteiger partial charge on any atom is -0.340 e. The van der Waals surface area contributed by atoms with Crippen molar-refractivity contribution in [1.82, 2.24) is 9.47 Å². The number of nitrogens with zero attached hydrogens (tertiary/aromatic N) is 2. The van der Waals surface area contributed by atoms with Crippen molar-refractivity contribution >= 4 is 31.7 Å². The van der Waals surface area contributed by atoms with Crippen molar-refractivity contribution in [3.8, 4) is 0 Å². The highest BCUT2D eigenvalue weighted by atomic mass is 79.9. The van der Waals surface area contributed by atoms with Crippen LogP contribution in [0.4, 0.5) is 0 Å². The molecule has 1 aliphatic heterocycles. The van der Waals surface area contributed by atoms with Gasteiger partial charge in [-0.05, 0) is 35.8 Å². The molecule has 0 spiro atoms. The van der Waals surface area contributed by atoms with E-state index in [4.69, 9.17) is 0 Å². The number of halogens is 1. The summed E-state index contributed by atoms with van der Waals surface area (Å²) in [4.78, 5) is 14.1. The van der Waals surface area contributed by atoms with E-state index in [1.165, 1.54) is 0 Å². The Hall–Kier alpha value is -0.820. The van der Waals surface area contributed by atoms with Crippen molar-refractivity contribution in [3.63, 3.8) is 0 Å². The zero-order chi connectivity index (χ0) is 14.2. The van der Waals surface area contributed by atoms with Gasteiger partial charge >= 0.3 is 0 Å². The van der Waals surface area contributed by atoms with Gasteiger partial charge in [-0.3, -0.25) is 4.79 Å². The first kappa shape index (κ1) is 14.6.